The molecule has 0 aliphatic carbocycles. The highest BCUT2D eigenvalue weighted by Gasteiger charge is 2.05. The molecule has 0 aromatic heterocycles. The van der Waals surface area contributed by atoms with E-state index in [0.717, 1.165) is 5.69 Å². The van der Waals surface area contributed by atoms with Crippen LogP contribution in [0.15, 0.2) is 48.5 Å². The van der Waals surface area contributed by atoms with E-state index in [1.165, 1.54) is 0 Å². The molecule has 0 fully saturated rings. The number of para-hydroxylation sites is 1. The van der Waals surface area contributed by atoms with Gasteiger partial charge in [0.15, 0.2) is 0 Å². The van der Waals surface area contributed by atoms with Crippen molar-refractivity contribution in [1.82, 2.24) is 0 Å². The third-order valence-electron chi connectivity index (χ3n) is 2.54. The molecule has 0 aliphatic rings. The van der Waals surface area contributed by atoms with Crippen molar-refractivity contribution in [2.24, 2.45) is 0 Å². The average Bonchev–Trinajstić information content (AvgIpc) is 2.36. The zero-order chi connectivity index (χ0) is 13.7. The van der Waals surface area contributed by atoms with Crippen LogP contribution in [0.2, 0.25) is 10.0 Å². The van der Waals surface area contributed by atoms with Crippen LogP contribution in [0.25, 0.3) is 0 Å². The largest absolute Gasteiger partial charge is 0.489 e. The first-order valence-corrected chi connectivity index (χ1v) is 6.81. The fourth-order valence-electron chi connectivity index (χ4n) is 1.69. The van der Waals surface area contributed by atoms with Crippen LogP contribution in [0.4, 0.5) is 5.69 Å². The molecule has 2 rings (SSSR count). The lowest BCUT2D eigenvalue weighted by Crippen LogP contribution is -2.22. The molecule has 19 heavy (non-hydrogen) atoms. The highest BCUT2D eigenvalue weighted by Crippen LogP contribution is 2.24. The SMILES string of the molecule is CC(CNc1ccccc1)Oc1cc(Cl)cc(Cl)c1. The lowest BCUT2D eigenvalue weighted by atomic mass is 10.3. The van der Waals surface area contributed by atoms with E-state index in [1.54, 1.807) is 18.2 Å². The second-order valence-electron chi connectivity index (χ2n) is 4.28. The zero-order valence-electron chi connectivity index (χ0n) is 10.6. The van der Waals surface area contributed by atoms with Crippen LogP contribution in [-0.4, -0.2) is 12.6 Å². The Labute approximate surface area is 123 Å². The first-order chi connectivity index (χ1) is 9.13. The third kappa shape index (κ3) is 4.66. The summed E-state index contributed by atoms with van der Waals surface area (Å²) in [6.07, 6.45) is 0.00902. The van der Waals surface area contributed by atoms with Crippen molar-refractivity contribution in [1.29, 1.82) is 0 Å². The predicted octanol–water partition coefficient (Wildman–Crippen LogP) is 4.87. The van der Waals surface area contributed by atoms with Gasteiger partial charge in [-0.15, -0.1) is 0 Å². The second-order valence-corrected chi connectivity index (χ2v) is 5.15. The van der Waals surface area contributed by atoms with Gasteiger partial charge in [0.1, 0.15) is 11.9 Å². The fraction of sp³-hybridized carbons (Fsp3) is 0.200. The summed E-state index contributed by atoms with van der Waals surface area (Å²) in [7, 11) is 0. The summed E-state index contributed by atoms with van der Waals surface area (Å²) in [5.41, 5.74) is 1.07. The average molecular weight is 296 g/mol. The van der Waals surface area contributed by atoms with Gasteiger partial charge >= 0.3 is 0 Å². The van der Waals surface area contributed by atoms with Crippen molar-refractivity contribution in [3.8, 4) is 5.75 Å². The van der Waals surface area contributed by atoms with Crippen LogP contribution in [0, 0.1) is 0 Å². The number of ether oxygens (including phenoxy) is 1. The molecule has 0 radical (unpaired) electrons. The van der Waals surface area contributed by atoms with Gasteiger partial charge in [-0.3, -0.25) is 0 Å². The Morgan fingerprint density at radius 1 is 1.05 bits per heavy atom. The van der Waals surface area contributed by atoms with Crippen molar-refractivity contribution in [2.75, 3.05) is 11.9 Å². The lowest BCUT2D eigenvalue weighted by molar-refractivity contribution is 0.235. The Morgan fingerprint density at radius 2 is 1.68 bits per heavy atom. The molecule has 100 valence electrons. The van der Waals surface area contributed by atoms with Gasteiger partial charge in [0.05, 0.1) is 6.54 Å². The molecular formula is C15H15Cl2NO. The van der Waals surface area contributed by atoms with Gasteiger partial charge in [0.25, 0.3) is 0 Å². The van der Waals surface area contributed by atoms with Crippen molar-refractivity contribution < 1.29 is 4.74 Å². The molecule has 1 atom stereocenters. The molecule has 1 unspecified atom stereocenters. The summed E-state index contributed by atoms with van der Waals surface area (Å²) >= 11 is 11.9. The van der Waals surface area contributed by atoms with E-state index in [1.807, 2.05) is 37.3 Å². The molecule has 0 aliphatic heterocycles. The van der Waals surface area contributed by atoms with Crippen LogP contribution in [0.1, 0.15) is 6.92 Å². The summed E-state index contributed by atoms with van der Waals surface area (Å²) in [5, 5.41) is 4.45. The lowest BCUT2D eigenvalue weighted by Gasteiger charge is -2.16. The standard InChI is InChI=1S/C15H15Cl2NO/c1-11(10-18-14-5-3-2-4-6-14)19-15-8-12(16)7-13(17)9-15/h2-9,11,18H,10H2,1H3. The number of rotatable bonds is 5. The number of benzene rings is 2. The first-order valence-electron chi connectivity index (χ1n) is 6.05. The normalized spacial score (nSPS) is 11.9. The minimum Gasteiger partial charge on any atom is -0.489 e. The number of hydrogen-bond acceptors (Lipinski definition) is 2. The van der Waals surface area contributed by atoms with Crippen molar-refractivity contribution in [3.05, 3.63) is 58.6 Å². The zero-order valence-corrected chi connectivity index (χ0v) is 12.1. The van der Waals surface area contributed by atoms with Gasteiger partial charge in [0, 0.05) is 15.7 Å². The van der Waals surface area contributed by atoms with Crippen LogP contribution < -0.4 is 10.1 Å². The minimum atomic E-state index is 0.00902. The van der Waals surface area contributed by atoms with Gasteiger partial charge < -0.3 is 10.1 Å². The molecule has 0 bridgehead atoms. The quantitative estimate of drug-likeness (QED) is 0.849. The van der Waals surface area contributed by atoms with Gasteiger partial charge in [-0.1, -0.05) is 41.4 Å². The molecule has 0 spiro atoms. The molecule has 0 heterocycles. The maximum Gasteiger partial charge on any atom is 0.122 e. The van der Waals surface area contributed by atoms with E-state index in [4.69, 9.17) is 27.9 Å². The summed E-state index contributed by atoms with van der Waals surface area (Å²) < 4.78 is 5.77. The number of nitrogens with one attached hydrogen (secondary N) is 1. The Balaban J connectivity index is 1.89. The summed E-state index contributed by atoms with van der Waals surface area (Å²) in [5.74, 6) is 0.680. The monoisotopic (exact) mass is 295 g/mol. The van der Waals surface area contributed by atoms with E-state index < -0.39 is 0 Å². The maximum absolute atomic E-state index is 5.93. The maximum atomic E-state index is 5.93. The van der Waals surface area contributed by atoms with Crippen molar-refractivity contribution in [2.45, 2.75) is 13.0 Å². The van der Waals surface area contributed by atoms with Crippen LogP contribution in [0.5, 0.6) is 5.75 Å². The fourth-order valence-corrected chi connectivity index (χ4v) is 2.19. The van der Waals surface area contributed by atoms with Crippen molar-refractivity contribution >= 4 is 28.9 Å². The predicted molar refractivity (Wildman–Crippen MR) is 81.5 cm³/mol. The van der Waals surface area contributed by atoms with E-state index in [0.29, 0.717) is 22.3 Å². The Bertz CT molecular complexity index is 511. The van der Waals surface area contributed by atoms with Gasteiger partial charge in [0.2, 0.25) is 0 Å². The van der Waals surface area contributed by atoms with Gasteiger partial charge in [-0.25, -0.2) is 0 Å². The molecule has 4 heteroatoms. The number of hydrogen-bond donors (Lipinski definition) is 1. The second kappa shape index (κ2) is 6.69. The molecule has 0 saturated heterocycles. The van der Waals surface area contributed by atoms with Crippen molar-refractivity contribution in [3.63, 3.8) is 0 Å². The summed E-state index contributed by atoms with van der Waals surface area (Å²) in [6.45, 7) is 2.69. The van der Waals surface area contributed by atoms with Crippen LogP contribution >= 0.6 is 23.2 Å². The smallest absolute Gasteiger partial charge is 0.122 e. The van der Waals surface area contributed by atoms with Gasteiger partial charge in [-0.05, 0) is 37.3 Å². The molecule has 0 saturated carbocycles. The highest BCUT2D eigenvalue weighted by atomic mass is 35.5. The first kappa shape index (κ1) is 14.0. The minimum absolute atomic E-state index is 0.00902. The Hall–Kier alpha value is -1.38. The van der Waals surface area contributed by atoms with E-state index >= 15 is 0 Å². The van der Waals surface area contributed by atoms with Crippen LogP contribution in [0.3, 0.4) is 0 Å². The number of halogens is 2. The third-order valence-corrected chi connectivity index (χ3v) is 2.98. The summed E-state index contributed by atoms with van der Waals surface area (Å²) in [4.78, 5) is 0. The topological polar surface area (TPSA) is 21.3 Å². The van der Waals surface area contributed by atoms with Gasteiger partial charge in [-0.2, -0.15) is 0 Å². The molecule has 0 amide bonds. The Kier molecular flexibility index (Phi) is 4.94. The van der Waals surface area contributed by atoms with Crippen LogP contribution in [-0.2, 0) is 0 Å². The number of anilines is 1. The van der Waals surface area contributed by atoms with E-state index in [9.17, 15) is 0 Å². The Morgan fingerprint density at radius 3 is 2.32 bits per heavy atom. The summed E-state index contributed by atoms with van der Waals surface area (Å²) in [6, 6.07) is 15.2. The van der Waals surface area contributed by atoms with E-state index in [2.05, 4.69) is 5.32 Å². The molecule has 2 nitrogen and oxygen atoms in total. The molecule has 2 aromatic carbocycles. The highest BCUT2D eigenvalue weighted by molar-refractivity contribution is 6.34. The molecule has 2 aromatic rings. The van der Waals surface area contributed by atoms with E-state index in [-0.39, 0.29) is 6.10 Å². The molecule has 1 N–H and O–H groups in total. The molecular weight excluding hydrogens is 281 g/mol.